The second-order valence-electron chi connectivity index (χ2n) is 5.67. The lowest BCUT2D eigenvalue weighted by Gasteiger charge is -2.29. The Kier molecular flexibility index (Phi) is 4.24. The third-order valence-corrected chi connectivity index (χ3v) is 3.98. The van der Waals surface area contributed by atoms with Crippen molar-refractivity contribution in [1.29, 1.82) is 0 Å². The minimum absolute atomic E-state index is 0.105. The summed E-state index contributed by atoms with van der Waals surface area (Å²) in [6.07, 6.45) is -4.95. The molecule has 122 valence electrons. The third kappa shape index (κ3) is 2.66. The maximum Gasteiger partial charge on any atom is 0.229 e. The minimum atomic E-state index is -1.28. The maximum atomic E-state index is 10.2. The van der Waals surface area contributed by atoms with Gasteiger partial charge < -0.3 is 34.6 Å². The van der Waals surface area contributed by atoms with Crippen molar-refractivity contribution in [2.24, 2.45) is 0 Å². The van der Waals surface area contributed by atoms with E-state index in [1.165, 1.54) is 0 Å². The first-order valence-electron chi connectivity index (χ1n) is 7.28. The van der Waals surface area contributed by atoms with E-state index < -0.39 is 37.3 Å². The maximum absolute atomic E-state index is 10.2. The first-order chi connectivity index (χ1) is 10.5. The summed E-state index contributed by atoms with van der Waals surface area (Å²) >= 11 is 0. The van der Waals surface area contributed by atoms with Crippen LogP contribution in [-0.2, 0) is 4.74 Å². The summed E-state index contributed by atoms with van der Waals surface area (Å²) in [5.74, 6) is 0.849. The zero-order valence-corrected chi connectivity index (χ0v) is 12.1. The predicted molar refractivity (Wildman–Crippen MR) is 74.5 cm³/mol. The average molecular weight is 312 g/mol. The monoisotopic (exact) mass is 312 g/mol. The van der Waals surface area contributed by atoms with Crippen molar-refractivity contribution in [2.45, 2.75) is 50.2 Å². The summed E-state index contributed by atoms with van der Waals surface area (Å²) in [5, 5.41) is 39.0. The van der Waals surface area contributed by atoms with Crippen LogP contribution in [0.2, 0.25) is 0 Å². The van der Waals surface area contributed by atoms with E-state index in [4.69, 9.17) is 19.3 Å². The van der Waals surface area contributed by atoms with Gasteiger partial charge in [0.25, 0.3) is 0 Å². The van der Waals surface area contributed by atoms with E-state index in [0.29, 0.717) is 23.5 Å². The van der Waals surface area contributed by atoms with Crippen LogP contribution >= 0.6 is 0 Å². The Bertz CT molecular complexity index is 535. The van der Waals surface area contributed by atoms with Crippen LogP contribution < -0.4 is 9.47 Å². The second kappa shape index (κ2) is 6.02. The Morgan fingerprint density at radius 1 is 1.23 bits per heavy atom. The molecule has 2 aliphatic heterocycles. The van der Waals surface area contributed by atoms with Crippen molar-refractivity contribution in [3.05, 3.63) is 23.8 Å². The molecule has 0 bridgehead atoms. The molecule has 0 saturated carbocycles. The van der Waals surface area contributed by atoms with Crippen molar-refractivity contribution in [1.82, 2.24) is 0 Å². The summed E-state index contributed by atoms with van der Waals surface area (Å²) in [6.45, 7) is 1.44. The van der Waals surface area contributed by atoms with Crippen LogP contribution in [0.3, 0.4) is 0 Å². The largest absolute Gasteiger partial charge is 0.490 e. The lowest BCUT2D eigenvalue weighted by molar-refractivity contribution is -0.117. The molecule has 0 spiro atoms. The normalized spacial score (nSPS) is 37.5. The Balaban J connectivity index is 1.84. The molecule has 22 heavy (non-hydrogen) atoms. The van der Waals surface area contributed by atoms with Crippen LogP contribution in [-0.4, -0.2) is 57.7 Å². The molecule has 7 nitrogen and oxygen atoms in total. The van der Waals surface area contributed by atoms with E-state index >= 15 is 0 Å². The summed E-state index contributed by atoms with van der Waals surface area (Å²) in [7, 11) is 0. The van der Waals surface area contributed by atoms with Crippen LogP contribution in [0.25, 0.3) is 0 Å². The Morgan fingerprint density at radius 2 is 2.00 bits per heavy atom. The first-order valence-corrected chi connectivity index (χ1v) is 7.28. The van der Waals surface area contributed by atoms with Gasteiger partial charge >= 0.3 is 0 Å². The molecule has 1 aromatic carbocycles. The molecule has 1 saturated heterocycles. The van der Waals surface area contributed by atoms with Gasteiger partial charge in [0.05, 0.1) is 24.4 Å². The molecular formula is C15H20O7. The van der Waals surface area contributed by atoms with E-state index in [-0.39, 0.29) is 6.10 Å². The molecule has 2 heterocycles. The molecule has 1 aromatic rings. The van der Waals surface area contributed by atoms with Gasteiger partial charge in [0.2, 0.25) is 6.29 Å². The standard InChI is InChI=1S/C15H20O7/c1-7-5-8(17)12-9(20-7)3-2-4-10(12)21-15-14(19)13(18)11(6-16)22-15/h2-4,7-8,11,13-19H,5-6H2,1H3/t7-,8-,11-,13-,14-,15+/m1/s1. The highest BCUT2D eigenvalue weighted by Gasteiger charge is 2.44. The molecule has 1 fully saturated rings. The molecule has 7 heteroatoms. The van der Waals surface area contributed by atoms with E-state index in [0.717, 1.165) is 0 Å². The van der Waals surface area contributed by atoms with Crippen molar-refractivity contribution >= 4 is 0 Å². The summed E-state index contributed by atoms with van der Waals surface area (Å²) < 4.78 is 16.6. The van der Waals surface area contributed by atoms with E-state index in [2.05, 4.69) is 0 Å². The number of aliphatic hydroxyl groups is 4. The van der Waals surface area contributed by atoms with Crippen LogP contribution in [0.5, 0.6) is 11.5 Å². The molecule has 0 aromatic heterocycles. The van der Waals surface area contributed by atoms with Gasteiger partial charge in [0, 0.05) is 6.42 Å². The fraction of sp³-hybridized carbons (Fsp3) is 0.600. The number of fused-ring (bicyclic) bond motifs is 1. The van der Waals surface area contributed by atoms with Gasteiger partial charge in [-0.25, -0.2) is 0 Å². The highest BCUT2D eigenvalue weighted by molar-refractivity contribution is 5.47. The Hall–Kier alpha value is -1.38. The molecule has 0 aliphatic carbocycles. The molecule has 3 rings (SSSR count). The van der Waals surface area contributed by atoms with Gasteiger partial charge in [0.1, 0.15) is 29.8 Å². The molecule has 6 atom stereocenters. The fourth-order valence-corrected chi connectivity index (χ4v) is 2.84. The van der Waals surface area contributed by atoms with Gasteiger partial charge in [-0.05, 0) is 19.1 Å². The SMILES string of the molecule is C[C@@H]1C[C@@H](O)c2c(O[C@H]3O[C@H](CO)[C@@H](O)[C@H]3O)cccc2O1. The highest BCUT2D eigenvalue weighted by atomic mass is 16.7. The zero-order valence-electron chi connectivity index (χ0n) is 12.1. The van der Waals surface area contributed by atoms with Gasteiger partial charge in [-0.2, -0.15) is 0 Å². The molecule has 0 radical (unpaired) electrons. The number of rotatable bonds is 3. The second-order valence-corrected chi connectivity index (χ2v) is 5.67. The Labute approximate surface area is 127 Å². The smallest absolute Gasteiger partial charge is 0.229 e. The summed E-state index contributed by atoms with van der Waals surface area (Å²) in [5.41, 5.74) is 0.498. The average Bonchev–Trinajstić information content (AvgIpc) is 2.74. The number of hydrogen-bond acceptors (Lipinski definition) is 7. The number of hydrogen-bond donors (Lipinski definition) is 4. The summed E-state index contributed by atoms with van der Waals surface area (Å²) in [6, 6.07) is 5.08. The lowest BCUT2D eigenvalue weighted by atomic mass is 9.99. The van der Waals surface area contributed by atoms with Crippen LogP contribution in [0.4, 0.5) is 0 Å². The molecule has 4 N–H and O–H groups in total. The van der Waals surface area contributed by atoms with Gasteiger partial charge in [-0.1, -0.05) is 6.07 Å². The van der Waals surface area contributed by atoms with Crippen molar-refractivity contribution < 1.29 is 34.6 Å². The van der Waals surface area contributed by atoms with Gasteiger partial charge in [-0.15, -0.1) is 0 Å². The van der Waals surface area contributed by atoms with E-state index in [1.807, 2.05) is 6.92 Å². The van der Waals surface area contributed by atoms with E-state index in [1.54, 1.807) is 18.2 Å². The topological polar surface area (TPSA) is 109 Å². The zero-order chi connectivity index (χ0) is 15.9. The minimum Gasteiger partial charge on any atom is -0.490 e. The summed E-state index contributed by atoms with van der Waals surface area (Å²) in [4.78, 5) is 0. The molecular weight excluding hydrogens is 292 g/mol. The lowest BCUT2D eigenvalue weighted by Crippen LogP contribution is -2.36. The number of ether oxygens (including phenoxy) is 3. The molecule has 0 unspecified atom stereocenters. The van der Waals surface area contributed by atoms with Crippen LogP contribution in [0, 0.1) is 0 Å². The number of benzene rings is 1. The molecule has 2 aliphatic rings. The predicted octanol–water partition coefficient (Wildman–Crippen LogP) is -0.291. The van der Waals surface area contributed by atoms with Gasteiger partial charge in [-0.3, -0.25) is 0 Å². The van der Waals surface area contributed by atoms with Crippen LogP contribution in [0.1, 0.15) is 25.0 Å². The third-order valence-electron chi connectivity index (χ3n) is 3.98. The van der Waals surface area contributed by atoms with Crippen LogP contribution in [0.15, 0.2) is 18.2 Å². The highest BCUT2D eigenvalue weighted by Crippen LogP contribution is 2.41. The van der Waals surface area contributed by atoms with Crippen molar-refractivity contribution in [3.63, 3.8) is 0 Å². The quantitative estimate of drug-likeness (QED) is 0.607. The number of aliphatic hydroxyl groups excluding tert-OH is 4. The molecule has 0 amide bonds. The van der Waals surface area contributed by atoms with E-state index in [9.17, 15) is 15.3 Å². The Morgan fingerprint density at radius 3 is 2.68 bits per heavy atom. The fourth-order valence-electron chi connectivity index (χ4n) is 2.84. The van der Waals surface area contributed by atoms with Gasteiger partial charge in [0.15, 0.2) is 0 Å². The first kappa shape index (κ1) is 15.5. The van der Waals surface area contributed by atoms with Crippen molar-refractivity contribution in [2.75, 3.05) is 6.61 Å². The van der Waals surface area contributed by atoms with Crippen molar-refractivity contribution in [3.8, 4) is 11.5 Å².